The van der Waals surface area contributed by atoms with Gasteiger partial charge in [0, 0.05) is 5.69 Å². The summed E-state index contributed by atoms with van der Waals surface area (Å²) in [5.41, 5.74) is 1.23. The molecular formula is C16H16Cl2N2O3. The standard InChI is InChI=1S/C16H16Cl2N2O3/c1-22-14-6-4-3-5-13(14)20-15(21)9-19-10-7-11(17)16(23-2)12(18)8-10/h3-8,19H,9H2,1-2H3,(H,20,21). The first-order valence-electron chi connectivity index (χ1n) is 6.75. The Morgan fingerprint density at radius 1 is 1.09 bits per heavy atom. The molecule has 122 valence electrons. The molecule has 5 nitrogen and oxygen atoms in total. The molecule has 1 amide bonds. The zero-order chi connectivity index (χ0) is 16.8. The van der Waals surface area contributed by atoms with E-state index in [1.54, 1.807) is 31.4 Å². The van der Waals surface area contributed by atoms with E-state index in [1.165, 1.54) is 7.11 Å². The van der Waals surface area contributed by atoms with Crippen molar-refractivity contribution in [3.63, 3.8) is 0 Å². The molecule has 0 radical (unpaired) electrons. The third-order valence-corrected chi connectivity index (χ3v) is 3.60. The molecule has 0 aliphatic heterocycles. The van der Waals surface area contributed by atoms with Crippen molar-refractivity contribution in [2.75, 3.05) is 31.4 Å². The van der Waals surface area contributed by atoms with Crippen LogP contribution in [0, 0.1) is 0 Å². The van der Waals surface area contributed by atoms with E-state index >= 15 is 0 Å². The van der Waals surface area contributed by atoms with Crippen molar-refractivity contribution in [2.24, 2.45) is 0 Å². The average molecular weight is 355 g/mol. The second kappa shape index (κ2) is 7.94. The largest absolute Gasteiger partial charge is 0.495 e. The third-order valence-electron chi connectivity index (χ3n) is 3.04. The topological polar surface area (TPSA) is 59.6 Å². The minimum atomic E-state index is -0.224. The Kier molecular flexibility index (Phi) is 5.96. The second-order valence-electron chi connectivity index (χ2n) is 4.58. The molecule has 2 N–H and O–H groups in total. The monoisotopic (exact) mass is 354 g/mol. The zero-order valence-corrected chi connectivity index (χ0v) is 14.2. The number of halogens is 2. The van der Waals surface area contributed by atoms with Crippen LogP contribution in [0.25, 0.3) is 0 Å². The van der Waals surface area contributed by atoms with Gasteiger partial charge < -0.3 is 20.1 Å². The summed E-state index contributed by atoms with van der Waals surface area (Å²) in [6.07, 6.45) is 0. The van der Waals surface area contributed by atoms with E-state index in [9.17, 15) is 4.79 Å². The maximum absolute atomic E-state index is 12.0. The first-order valence-corrected chi connectivity index (χ1v) is 7.50. The van der Waals surface area contributed by atoms with Crippen LogP contribution in [0.4, 0.5) is 11.4 Å². The van der Waals surface area contributed by atoms with Crippen LogP contribution in [-0.4, -0.2) is 26.7 Å². The smallest absolute Gasteiger partial charge is 0.243 e. The predicted octanol–water partition coefficient (Wildman–Crippen LogP) is 4.06. The number of para-hydroxylation sites is 2. The second-order valence-corrected chi connectivity index (χ2v) is 5.39. The number of benzene rings is 2. The van der Waals surface area contributed by atoms with Gasteiger partial charge in [0.25, 0.3) is 0 Å². The Morgan fingerprint density at radius 2 is 1.74 bits per heavy atom. The van der Waals surface area contributed by atoms with Gasteiger partial charge in [-0.2, -0.15) is 0 Å². The molecule has 0 bridgehead atoms. The Hall–Kier alpha value is -2.11. The number of carbonyl (C=O) groups excluding carboxylic acids is 1. The Balaban J connectivity index is 1.99. The van der Waals surface area contributed by atoms with E-state index in [0.717, 1.165) is 0 Å². The van der Waals surface area contributed by atoms with Crippen LogP contribution >= 0.6 is 23.2 Å². The van der Waals surface area contributed by atoms with Crippen LogP contribution in [-0.2, 0) is 4.79 Å². The molecule has 2 rings (SSSR count). The molecule has 0 saturated carbocycles. The summed E-state index contributed by atoms with van der Waals surface area (Å²) in [5.74, 6) is 0.770. The number of nitrogens with one attached hydrogen (secondary N) is 2. The third kappa shape index (κ3) is 4.43. The van der Waals surface area contributed by atoms with Crippen molar-refractivity contribution in [3.8, 4) is 11.5 Å². The molecule has 0 fully saturated rings. The van der Waals surface area contributed by atoms with Crippen molar-refractivity contribution < 1.29 is 14.3 Å². The molecule has 0 unspecified atom stereocenters. The van der Waals surface area contributed by atoms with E-state index in [1.807, 2.05) is 12.1 Å². The van der Waals surface area contributed by atoms with Crippen molar-refractivity contribution in [3.05, 3.63) is 46.4 Å². The first-order chi connectivity index (χ1) is 11.0. The SMILES string of the molecule is COc1ccccc1NC(=O)CNc1cc(Cl)c(OC)c(Cl)c1. The summed E-state index contributed by atoms with van der Waals surface area (Å²) in [4.78, 5) is 12.0. The number of hydrogen-bond donors (Lipinski definition) is 2. The summed E-state index contributed by atoms with van der Waals surface area (Å²) in [6, 6.07) is 10.5. The van der Waals surface area contributed by atoms with Crippen molar-refractivity contribution in [1.82, 2.24) is 0 Å². The molecule has 7 heteroatoms. The highest BCUT2D eigenvalue weighted by molar-refractivity contribution is 6.37. The number of anilines is 2. The summed E-state index contributed by atoms with van der Waals surface area (Å²) in [6.45, 7) is 0.0526. The minimum Gasteiger partial charge on any atom is -0.495 e. The first kappa shape index (κ1) is 17.2. The van der Waals surface area contributed by atoms with Gasteiger partial charge in [0.15, 0.2) is 5.75 Å². The van der Waals surface area contributed by atoms with Crippen LogP contribution < -0.4 is 20.1 Å². The highest BCUT2D eigenvalue weighted by Crippen LogP contribution is 2.35. The van der Waals surface area contributed by atoms with Gasteiger partial charge in [-0.1, -0.05) is 35.3 Å². The normalized spacial score (nSPS) is 10.1. The summed E-state index contributed by atoms with van der Waals surface area (Å²) in [5, 5.41) is 6.46. The molecule has 0 aliphatic carbocycles. The molecule has 23 heavy (non-hydrogen) atoms. The molecule has 0 aromatic heterocycles. The van der Waals surface area contributed by atoms with Gasteiger partial charge in [-0.05, 0) is 24.3 Å². The van der Waals surface area contributed by atoms with Gasteiger partial charge in [-0.3, -0.25) is 4.79 Å². The molecule has 0 saturated heterocycles. The van der Waals surface area contributed by atoms with E-state index in [4.69, 9.17) is 32.7 Å². The molecule has 0 spiro atoms. The van der Waals surface area contributed by atoms with Gasteiger partial charge in [-0.25, -0.2) is 0 Å². The molecular weight excluding hydrogens is 339 g/mol. The Morgan fingerprint density at radius 3 is 2.35 bits per heavy atom. The van der Waals surface area contributed by atoms with Gasteiger partial charge >= 0.3 is 0 Å². The lowest BCUT2D eigenvalue weighted by Gasteiger charge is -2.12. The van der Waals surface area contributed by atoms with Crippen LogP contribution in [0.3, 0.4) is 0 Å². The summed E-state index contributed by atoms with van der Waals surface area (Å²) in [7, 11) is 3.03. The van der Waals surface area contributed by atoms with Crippen LogP contribution in [0.5, 0.6) is 11.5 Å². The number of ether oxygens (including phenoxy) is 2. The van der Waals surface area contributed by atoms with Crippen LogP contribution in [0.15, 0.2) is 36.4 Å². The van der Waals surface area contributed by atoms with Crippen molar-refractivity contribution in [1.29, 1.82) is 0 Å². The maximum atomic E-state index is 12.0. The Labute approximate surface area is 144 Å². The van der Waals surface area contributed by atoms with E-state index in [2.05, 4.69) is 10.6 Å². The maximum Gasteiger partial charge on any atom is 0.243 e. The predicted molar refractivity (Wildman–Crippen MR) is 93.1 cm³/mol. The number of rotatable bonds is 6. The van der Waals surface area contributed by atoms with Gasteiger partial charge in [0.2, 0.25) is 5.91 Å². The van der Waals surface area contributed by atoms with Crippen molar-refractivity contribution >= 4 is 40.5 Å². The molecule has 0 heterocycles. The Bertz CT molecular complexity index is 684. The minimum absolute atomic E-state index is 0.0526. The number of methoxy groups -OCH3 is 2. The number of carbonyl (C=O) groups is 1. The van der Waals surface area contributed by atoms with E-state index in [-0.39, 0.29) is 12.5 Å². The number of amides is 1. The highest BCUT2D eigenvalue weighted by atomic mass is 35.5. The van der Waals surface area contributed by atoms with E-state index < -0.39 is 0 Å². The molecule has 0 aliphatic rings. The average Bonchev–Trinajstić information content (AvgIpc) is 2.53. The summed E-state index contributed by atoms with van der Waals surface area (Å²) < 4.78 is 10.3. The molecule has 0 atom stereocenters. The van der Waals surface area contributed by atoms with Crippen LogP contribution in [0.2, 0.25) is 10.0 Å². The lowest BCUT2D eigenvalue weighted by molar-refractivity contribution is -0.114. The lowest BCUT2D eigenvalue weighted by Crippen LogP contribution is -2.22. The summed E-state index contributed by atoms with van der Waals surface area (Å²) >= 11 is 12.1. The number of hydrogen-bond acceptors (Lipinski definition) is 4. The van der Waals surface area contributed by atoms with Gasteiger partial charge in [0.1, 0.15) is 5.75 Å². The van der Waals surface area contributed by atoms with Crippen molar-refractivity contribution in [2.45, 2.75) is 0 Å². The van der Waals surface area contributed by atoms with Gasteiger partial charge in [-0.15, -0.1) is 0 Å². The fraction of sp³-hybridized carbons (Fsp3) is 0.188. The highest BCUT2D eigenvalue weighted by Gasteiger charge is 2.10. The van der Waals surface area contributed by atoms with Gasteiger partial charge in [0.05, 0.1) is 36.5 Å². The van der Waals surface area contributed by atoms with Crippen LogP contribution in [0.1, 0.15) is 0 Å². The lowest BCUT2D eigenvalue weighted by atomic mass is 10.3. The zero-order valence-electron chi connectivity index (χ0n) is 12.7. The fourth-order valence-electron chi connectivity index (χ4n) is 1.98. The fourth-order valence-corrected chi connectivity index (χ4v) is 2.62. The van der Waals surface area contributed by atoms with E-state index in [0.29, 0.717) is 32.9 Å². The molecule has 2 aromatic rings. The quantitative estimate of drug-likeness (QED) is 0.820. The molecule has 2 aromatic carbocycles.